The number of hydrogen-bond acceptors (Lipinski definition) is 1. The van der Waals surface area contributed by atoms with Crippen LogP contribution in [0.3, 0.4) is 0 Å². The third kappa shape index (κ3) is 3.17. The van der Waals surface area contributed by atoms with Crippen molar-refractivity contribution in [3.63, 3.8) is 0 Å². The fourth-order valence-electron chi connectivity index (χ4n) is 7.24. The summed E-state index contributed by atoms with van der Waals surface area (Å²) >= 11 is 1.90. The fourth-order valence-corrected chi connectivity index (χ4v) is 8.44. The van der Waals surface area contributed by atoms with E-state index in [9.17, 15) is 0 Å². The van der Waals surface area contributed by atoms with Crippen molar-refractivity contribution < 1.29 is 0 Å². The van der Waals surface area contributed by atoms with Crippen LogP contribution in [-0.4, -0.2) is 9.55 Å². The van der Waals surface area contributed by atoms with E-state index in [1.165, 1.54) is 91.4 Å². The predicted octanol–water partition coefficient (Wildman–Crippen LogP) is 11.6. The number of H-pyrrole nitrogens is 1. The first-order chi connectivity index (χ1) is 21.3. The van der Waals surface area contributed by atoms with Gasteiger partial charge in [-0.2, -0.15) is 0 Å². The van der Waals surface area contributed by atoms with E-state index in [0.717, 1.165) is 0 Å². The van der Waals surface area contributed by atoms with Crippen molar-refractivity contribution in [3.8, 4) is 16.8 Å². The van der Waals surface area contributed by atoms with Gasteiger partial charge in [-0.1, -0.05) is 97.1 Å². The van der Waals surface area contributed by atoms with Crippen LogP contribution in [0, 0.1) is 0 Å². The second-order valence-corrected chi connectivity index (χ2v) is 12.5. The Hall–Kier alpha value is -5.38. The van der Waals surface area contributed by atoms with Crippen molar-refractivity contribution in [2.75, 3.05) is 0 Å². The minimum Gasteiger partial charge on any atom is -0.353 e. The number of fused-ring (bicyclic) bond motifs is 13. The molecule has 0 radical (unpaired) electrons. The van der Waals surface area contributed by atoms with Gasteiger partial charge in [0.1, 0.15) is 0 Å². The average Bonchev–Trinajstić information content (AvgIpc) is 3.74. The molecular weight excluding hydrogens is 541 g/mol. The molecule has 0 fully saturated rings. The van der Waals surface area contributed by atoms with Crippen molar-refractivity contribution in [3.05, 3.63) is 140 Å². The maximum atomic E-state index is 3.78. The van der Waals surface area contributed by atoms with Crippen LogP contribution >= 0.6 is 11.3 Å². The summed E-state index contributed by atoms with van der Waals surface area (Å²) in [7, 11) is 0. The molecule has 7 aromatic carbocycles. The molecule has 0 bridgehead atoms. The van der Waals surface area contributed by atoms with Crippen LogP contribution in [0.25, 0.3) is 91.4 Å². The van der Waals surface area contributed by atoms with Gasteiger partial charge >= 0.3 is 0 Å². The van der Waals surface area contributed by atoms with Gasteiger partial charge in [0.05, 0.1) is 21.3 Å². The number of aromatic amines is 1. The molecule has 3 heteroatoms. The van der Waals surface area contributed by atoms with E-state index in [1.807, 2.05) is 11.3 Å². The summed E-state index contributed by atoms with van der Waals surface area (Å²) in [6.07, 6.45) is 0. The highest BCUT2D eigenvalue weighted by atomic mass is 32.1. The molecule has 0 aliphatic heterocycles. The molecule has 0 atom stereocenters. The van der Waals surface area contributed by atoms with Gasteiger partial charge in [0.2, 0.25) is 0 Å². The molecule has 1 N–H and O–H groups in total. The average molecular weight is 565 g/mol. The smallest absolute Gasteiger partial charge is 0.0653 e. The first kappa shape index (κ1) is 23.2. The van der Waals surface area contributed by atoms with Crippen molar-refractivity contribution in [2.24, 2.45) is 0 Å². The van der Waals surface area contributed by atoms with E-state index in [1.54, 1.807) is 0 Å². The zero-order chi connectivity index (χ0) is 28.1. The van der Waals surface area contributed by atoms with Crippen LogP contribution in [-0.2, 0) is 0 Å². The quantitative estimate of drug-likeness (QED) is 0.216. The molecule has 0 saturated heterocycles. The summed E-state index contributed by atoms with van der Waals surface area (Å²) in [6, 6.07) is 51.0. The van der Waals surface area contributed by atoms with Crippen LogP contribution in [0.15, 0.2) is 140 Å². The van der Waals surface area contributed by atoms with E-state index in [4.69, 9.17) is 0 Å². The first-order valence-corrected chi connectivity index (χ1v) is 15.5. The Morgan fingerprint density at radius 3 is 1.98 bits per heavy atom. The molecule has 0 saturated carbocycles. The lowest BCUT2D eigenvalue weighted by Gasteiger charge is -2.09. The molecule has 0 aliphatic carbocycles. The Labute approximate surface area is 251 Å². The van der Waals surface area contributed by atoms with E-state index >= 15 is 0 Å². The number of rotatable bonds is 2. The lowest BCUT2D eigenvalue weighted by atomic mass is 9.97. The normalized spacial score (nSPS) is 12.2. The summed E-state index contributed by atoms with van der Waals surface area (Å²) in [5.74, 6) is 0. The van der Waals surface area contributed by atoms with Gasteiger partial charge in [0, 0.05) is 48.2 Å². The second-order valence-electron chi connectivity index (χ2n) is 11.4. The zero-order valence-electron chi connectivity index (χ0n) is 23.1. The highest BCUT2D eigenvalue weighted by Gasteiger charge is 2.18. The van der Waals surface area contributed by atoms with Crippen molar-refractivity contribution in [1.82, 2.24) is 9.55 Å². The number of aromatic nitrogens is 2. The van der Waals surface area contributed by atoms with Gasteiger partial charge < -0.3 is 9.55 Å². The van der Waals surface area contributed by atoms with Crippen LogP contribution in [0.5, 0.6) is 0 Å². The standard InChI is InChI=1S/C40H24N2S/c1-2-10-26(11-3-1)42-34-17-9-7-12-27(34)28-20-18-25(23-35(28)42)24-19-21-36-32(22-24)38-30-14-5-4-13-29(30)37-31-15-6-8-16-33(31)41-39(37)40(38)43-36/h1-23,41H. The Kier molecular flexibility index (Phi) is 4.63. The van der Waals surface area contributed by atoms with Crippen LogP contribution in [0.2, 0.25) is 0 Å². The molecular formula is C40H24N2S. The van der Waals surface area contributed by atoms with Gasteiger partial charge in [-0.3, -0.25) is 0 Å². The maximum Gasteiger partial charge on any atom is 0.0653 e. The molecule has 43 heavy (non-hydrogen) atoms. The van der Waals surface area contributed by atoms with Gasteiger partial charge in [-0.05, 0) is 64.4 Å². The Balaban J connectivity index is 1.27. The van der Waals surface area contributed by atoms with Crippen molar-refractivity contribution in [2.45, 2.75) is 0 Å². The summed E-state index contributed by atoms with van der Waals surface area (Å²) in [6.45, 7) is 0. The van der Waals surface area contributed by atoms with Gasteiger partial charge in [0.15, 0.2) is 0 Å². The number of hydrogen-bond donors (Lipinski definition) is 1. The number of thiophene rings is 1. The molecule has 10 aromatic rings. The molecule has 0 amide bonds. The molecule has 0 aliphatic rings. The Bertz CT molecular complexity index is 2720. The largest absolute Gasteiger partial charge is 0.353 e. The molecule has 3 heterocycles. The third-order valence-corrected chi connectivity index (χ3v) is 10.3. The Morgan fingerprint density at radius 2 is 1.12 bits per heavy atom. The minimum atomic E-state index is 1.18. The van der Waals surface area contributed by atoms with Gasteiger partial charge in [0.25, 0.3) is 0 Å². The van der Waals surface area contributed by atoms with Crippen LogP contribution in [0.4, 0.5) is 0 Å². The summed E-state index contributed by atoms with van der Waals surface area (Å²) in [5.41, 5.74) is 8.53. The third-order valence-electron chi connectivity index (χ3n) is 9.11. The molecule has 200 valence electrons. The second kappa shape index (κ2) is 8.57. The monoisotopic (exact) mass is 564 g/mol. The van der Waals surface area contributed by atoms with Gasteiger partial charge in [-0.25, -0.2) is 0 Å². The van der Waals surface area contributed by atoms with E-state index in [2.05, 4.69) is 149 Å². The molecule has 10 rings (SSSR count). The zero-order valence-corrected chi connectivity index (χ0v) is 24.0. The van der Waals surface area contributed by atoms with E-state index in [0.29, 0.717) is 0 Å². The summed E-state index contributed by atoms with van der Waals surface area (Å²) in [5, 5.41) is 10.5. The summed E-state index contributed by atoms with van der Waals surface area (Å²) in [4.78, 5) is 3.78. The molecule has 0 spiro atoms. The van der Waals surface area contributed by atoms with Crippen LogP contribution < -0.4 is 0 Å². The fraction of sp³-hybridized carbons (Fsp3) is 0. The molecule has 3 aromatic heterocycles. The van der Waals surface area contributed by atoms with E-state index < -0.39 is 0 Å². The topological polar surface area (TPSA) is 20.7 Å². The maximum absolute atomic E-state index is 3.78. The number of nitrogens with zero attached hydrogens (tertiary/aromatic N) is 1. The number of nitrogens with one attached hydrogen (secondary N) is 1. The Morgan fingerprint density at radius 1 is 0.465 bits per heavy atom. The van der Waals surface area contributed by atoms with Crippen molar-refractivity contribution in [1.29, 1.82) is 0 Å². The molecule has 2 nitrogen and oxygen atoms in total. The highest BCUT2D eigenvalue weighted by molar-refractivity contribution is 7.27. The van der Waals surface area contributed by atoms with Crippen molar-refractivity contribution >= 4 is 85.9 Å². The van der Waals surface area contributed by atoms with Gasteiger partial charge in [-0.15, -0.1) is 11.3 Å². The predicted molar refractivity (Wildman–Crippen MR) is 186 cm³/mol. The van der Waals surface area contributed by atoms with E-state index in [-0.39, 0.29) is 0 Å². The first-order valence-electron chi connectivity index (χ1n) is 14.7. The SMILES string of the molecule is c1ccc(-n2c3ccccc3c3ccc(-c4ccc5sc6c7[nH]c8ccccc8c7c7ccccc7c6c5c4)cc32)cc1. The minimum absolute atomic E-state index is 1.18. The summed E-state index contributed by atoms with van der Waals surface area (Å²) < 4.78 is 5.04. The van der Waals surface area contributed by atoms with Crippen LogP contribution in [0.1, 0.15) is 0 Å². The highest BCUT2D eigenvalue weighted by Crippen LogP contribution is 2.46. The molecule has 0 unspecified atom stereocenters. The number of benzene rings is 7. The lowest BCUT2D eigenvalue weighted by molar-refractivity contribution is 1.18. The lowest BCUT2D eigenvalue weighted by Crippen LogP contribution is -1.93. The number of para-hydroxylation sites is 3.